The molecule has 5 heteroatoms. The minimum absolute atomic E-state index is 0.240. The average molecular weight is 389 g/mol. The second kappa shape index (κ2) is 7.39. The Morgan fingerprint density at radius 2 is 1.97 bits per heavy atom. The lowest BCUT2D eigenvalue weighted by Crippen LogP contribution is -2.57. The Morgan fingerprint density at radius 1 is 1.14 bits per heavy atom. The molecule has 2 bridgehead atoms. The molecule has 5 rings (SSSR count). The summed E-state index contributed by atoms with van der Waals surface area (Å²) < 4.78 is 5.31. The summed E-state index contributed by atoms with van der Waals surface area (Å²) in [6, 6.07) is 14.2. The van der Waals surface area contributed by atoms with Crippen molar-refractivity contribution in [3.8, 4) is 5.75 Å². The molecule has 2 aliphatic rings. The molecule has 3 heterocycles. The highest BCUT2D eigenvalue weighted by Gasteiger charge is 2.51. The fourth-order valence-electron chi connectivity index (χ4n) is 5.33. The van der Waals surface area contributed by atoms with Crippen LogP contribution >= 0.6 is 0 Å². The van der Waals surface area contributed by atoms with Gasteiger partial charge in [0, 0.05) is 54.8 Å². The number of methoxy groups -OCH3 is 1. The fraction of sp³-hybridized carbons (Fsp3) is 0.417. The van der Waals surface area contributed by atoms with E-state index in [0.717, 1.165) is 60.4 Å². The Balaban J connectivity index is 1.37. The van der Waals surface area contributed by atoms with E-state index in [1.54, 1.807) is 13.3 Å². The first-order valence-electron chi connectivity index (χ1n) is 10.5. The van der Waals surface area contributed by atoms with Crippen LogP contribution in [0.3, 0.4) is 0 Å². The number of benzene rings is 1. The quantitative estimate of drug-likeness (QED) is 0.736. The van der Waals surface area contributed by atoms with Crippen LogP contribution in [0, 0.1) is 11.8 Å². The molecule has 0 spiro atoms. The number of aliphatic hydroxyl groups is 1. The summed E-state index contributed by atoms with van der Waals surface area (Å²) >= 11 is 0. The molecule has 1 aromatic carbocycles. The number of piperidine rings is 1. The van der Waals surface area contributed by atoms with Crippen LogP contribution in [0.15, 0.2) is 54.9 Å². The molecule has 2 fully saturated rings. The SMILES string of the molecule is COc1ccc2nc(CN3C[C@H]4CCC[C@H](C3)C4(O)c3cccnc3)ccc2c1. The Morgan fingerprint density at radius 3 is 2.69 bits per heavy atom. The van der Waals surface area contributed by atoms with E-state index in [0.29, 0.717) is 0 Å². The fourth-order valence-corrected chi connectivity index (χ4v) is 5.33. The van der Waals surface area contributed by atoms with Crippen LogP contribution in [0.4, 0.5) is 0 Å². The third kappa shape index (κ3) is 3.28. The summed E-state index contributed by atoms with van der Waals surface area (Å²) in [6.45, 7) is 2.60. The molecule has 1 saturated carbocycles. The molecule has 3 aromatic rings. The number of rotatable bonds is 4. The van der Waals surface area contributed by atoms with Gasteiger partial charge in [-0.15, -0.1) is 0 Å². The van der Waals surface area contributed by atoms with Gasteiger partial charge in [-0.2, -0.15) is 0 Å². The smallest absolute Gasteiger partial charge is 0.119 e. The van der Waals surface area contributed by atoms with E-state index in [4.69, 9.17) is 9.72 Å². The summed E-state index contributed by atoms with van der Waals surface area (Å²) in [6.07, 6.45) is 6.94. The Labute approximate surface area is 171 Å². The number of ether oxygens (including phenoxy) is 1. The minimum Gasteiger partial charge on any atom is -0.497 e. The van der Waals surface area contributed by atoms with Crippen LogP contribution in [-0.2, 0) is 12.1 Å². The second-order valence-electron chi connectivity index (χ2n) is 8.45. The van der Waals surface area contributed by atoms with Crippen molar-refractivity contribution in [1.82, 2.24) is 14.9 Å². The molecule has 5 nitrogen and oxygen atoms in total. The van der Waals surface area contributed by atoms with E-state index in [2.05, 4.69) is 22.0 Å². The monoisotopic (exact) mass is 389 g/mol. The van der Waals surface area contributed by atoms with Crippen LogP contribution in [0.2, 0.25) is 0 Å². The predicted octanol–water partition coefficient (Wildman–Crippen LogP) is 3.76. The maximum atomic E-state index is 11.7. The number of aromatic nitrogens is 2. The van der Waals surface area contributed by atoms with Crippen LogP contribution in [-0.4, -0.2) is 40.2 Å². The first-order chi connectivity index (χ1) is 14.2. The number of hydrogen-bond donors (Lipinski definition) is 1. The number of hydrogen-bond acceptors (Lipinski definition) is 5. The van der Waals surface area contributed by atoms with Crippen LogP contribution < -0.4 is 4.74 Å². The van der Waals surface area contributed by atoms with E-state index in [1.165, 1.54) is 6.42 Å². The van der Waals surface area contributed by atoms with Crippen molar-refractivity contribution in [3.05, 3.63) is 66.1 Å². The summed E-state index contributed by atoms with van der Waals surface area (Å²) in [5.74, 6) is 1.33. The Hall–Kier alpha value is -2.50. The zero-order valence-electron chi connectivity index (χ0n) is 16.8. The van der Waals surface area contributed by atoms with Gasteiger partial charge in [-0.3, -0.25) is 14.9 Å². The summed E-state index contributed by atoms with van der Waals surface area (Å²) in [4.78, 5) is 11.6. The van der Waals surface area contributed by atoms with Gasteiger partial charge in [0.15, 0.2) is 0 Å². The molecule has 150 valence electrons. The van der Waals surface area contributed by atoms with Crippen LogP contribution in [0.25, 0.3) is 10.9 Å². The number of fused-ring (bicyclic) bond motifs is 3. The third-order valence-corrected chi connectivity index (χ3v) is 6.77. The highest BCUT2D eigenvalue weighted by Crippen LogP contribution is 2.49. The number of nitrogens with zero attached hydrogens (tertiary/aromatic N) is 3. The molecular weight excluding hydrogens is 362 g/mol. The topological polar surface area (TPSA) is 58.5 Å². The van der Waals surface area contributed by atoms with Gasteiger partial charge in [0.05, 0.1) is 23.9 Å². The lowest BCUT2D eigenvalue weighted by atomic mass is 9.63. The predicted molar refractivity (Wildman–Crippen MR) is 113 cm³/mol. The summed E-state index contributed by atoms with van der Waals surface area (Å²) in [7, 11) is 1.68. The van der Waals surface area contributed by atoms with Crippen LogP contribution in [0.5, 0.6) is 5.75 Å². The maximum absolute atomic E-state index is 11.7. The van der Waals surface area contributed by atoms with Crippen molar-refractivity contribution < 1.29 is 9.84 Å². The lowest BCUT2D eigenvalue weighted by Gasteiger charge is -2.53. The molecule has 0 radical (unpaired) electrons. The molecule has 1 saturated heterocycles. The molecule has 29 heavy (non-hydrogen) atoms. The van der Waals surface area contributed by atoms with E-state index in [1.807, 2.05) is 36.5 Å². The maximum Gasteiger partial charge on any atom is 0.119 e. The molecule has 1 aliphatic carbocycles. The first-order valence-corrected chi connectivity index (χ1v) is 10.5. The zero-order valence-corrected chi connectivity index (χ0v) is 16.8. The van der Waals surface area contributed by atoms with Gasteiger partial charge in [0.25, 0.3) is 0 Å². The zero-order chi connectivity index (χ0) is 19.8. The van der Waals surface area contributed by atoms with Gasteiger partial charge in [-0.25, -0.2) is 0 Å². The molecule has 2 atom stereocenters. The highest BCUT2D eigenvalue weighted by molar-refractivity contribution is 5.80. The van der Waals surface area contributed by atoms with Crippen LogP contribution in [0.1, 0.15) is 30.5 Å². The van der Waals surface area contributed by atoms with Crippen molar-refractivity contribution in [2.75, 3.05) is 20.2 Å². The molecule has 0 unspecified atom stereocenters. The number of pyridine rings is 2. The van der Waals surface area contributed by atoms with E-state index < -0.39 is 5.60 Å². The molecule has 2 aromatic heterocycles. The second-order valence-corrected chi connectivity index (χ2v) is 8.45. The standard InChI is InChI=1S/C24H27N3O2/c1-29-22-9-10-23-17(12-22)7-8-21(26-23)16-27-14-19-4-2-5-20(15-27)24(19,28)18-6-3-11-25-13-18/h3,6-13,19-20,28H,2,4-5,14-16H2,1H3/t19-,20-/m1/s1. The first kappa shape index (κ1) is 18.5. The molecular formula is C24H27N3O2. The van der Waals surface area contributed by atoms with Crippen molar-refractivity contribution in [2.24, 2.45) is 11.8 Å². The van der Waals surface area contributed by atoms with E-state index >= 15 is 0 Å². The van der Waals surface area contributed by atoms with E-state index in [-0.39, 0.29) is 11.8 Å². The highest BCUT2D eigenvalue weighted by atomic mass is 16.5. The molecule has 1 N–H and O–H groups in total. The Bertz CT molecular complexity index is 993. The van der Waals surface area contributed by atoms with Crippen molar-refractivity contribution >= 4 is 10.9 Å². The van der Waals surface area contributed by atoms with E-state index in [9.17, 15) is 5.11 Å². The molecule has 0 amide bonds. The molecule has 1 aliphatic heterocycles. The van der Waals surface area contributed by atoms with Gasteiger partial charge in [0.1, 0.15) is 5.75 Å². The minimum atomic E-state index is -0.754. The van der Waals surface area contributed by atoms with Gasteiger partial charge in [-0.05, 0) is 43.2 Å². The third-order valence-electron chi connectivity index (χ3n) is 6.77. The summed E-state index contributed by atoms with van der Waals surface area (Å²) in [5.41, 5.74) is 2.29. The largest absolute Gasteiger partial charge is 0.497 e. The van der Waals surface area contributed by atoms with Gasteiger partial charge < -0.3 is 9.84 Å². The van der Waals surface area contributed by atoms with Gasteiger partial charge in [0.2, 0.25) is 0 Å². The van der Waals surface area contributed by atoms with Crippen molar-refractivity contribution in [3.63, 3.8) is 0 Å². The van der Waals surface area contributed by atoms with Crippen molar-refractivity contribution in [2.45, 2.75) is 31.4 Å². The number of likely N-dealkylation sites (tertiary alicyclic amines) is 1. The Kier molecular flexibility index (Phi) is 4.72. The van der Waals surface area contributed by atoms with Crippen molar-refractivity contribution in [1.29, 1.82) is 0 Å². The van der Waals surface area contributed by atoms with Gasteiger partial charge >= 0.3 is 0 Å². The normalized spacial score (nSPS) is 27.1. The van der Waals surface area contributed by atoms with Gasteiger partial charge in [-0.1, -0.05) is 18.6 Å². The lowest BCUT2D eigenvalue weighted by molar-refractivity contribution is -0.148. The summed E-state index contributed by atoms with van der Waals surface area (Å²) in [5, 5.41) is 12.8. The average Bonchev–Trinajstić information content (AvgIpc) is 2.75.